The second kappa shape index (κ2) is 6.54. The van der Waals surface area contributed by atoms with Crippen molar-refractivity contribution in [3.05, 3.63) is 39.6 Å². The molecule has 1 aromatic carbocycles. The monoisotopic (exact) mass is 419 g/mol. The van der Waals surface area contributed by atoms with E-state index < -0.39 is 28.2 Å². The highest BCUT2D eigenvalue weighted by Gasteiger charge is 2.45. The minimum absolute atomic E-state index is 0.0121. The van der Waals surface area contributed by atoms with Gasteiger partial charge in [0.15, 0.2) is 0 Å². The number of nitrogens with zero attached hydrogens (tertiary/aromatic N) is 2. The average Bonchev–Trinajstić information content (AvgIpc) is 2.90. The summed E-state index contributed by atoms with van der Waals surface area (Å²) in [6.45, 7) is 1.11. The Bertz CT molecular complexity index is 999. The van der Waals surface area contributed by atoms with Crippen molar-refractivity contribution in [3.8, 4) is 11.3 Å². The molecule has 1 aliphatic heterocycles. The summed E-state index contributed by atoms with van der Waals surface area (Å²) in [5.41, 5.74) is 0.393. The molecule has 1 fully saturated rings. The number of aryl methyl sites for hydroxylation is 1. The second-order valence-corrected chi connectivity index (χ2v) is 7.58. The number of carbonyl (C=O) groups excluding carboxylic acids is 2. The largest absolute Gasteiger partial charge is 0.362 e. The number of carbonyl (C=O) groups is 2. The number of hydrogen-bond donors (Lipinski definition) is 2. The van der Waals surface area contributed by atoms with E-state index in [1.54, 1.807) is 18.2 Å². The van der Waals surface area contributed by atoms with E-state index in [2.05, 4.69) is 10.5 Å². The molecule has 1 aliphatic rings. The van der Waals surface area contributed by atoms with E-state index >= 15 is 0 Å². The molecule has 0 bridgehead atoms. The standard InChI is InChI=1S/C14H11Cl2N3O6S/c1-6-10(12(18-25-6)11-7(15)3-2-4-8(11)16)13(20)17-9-5-19(14(9)21)26(22,23)24/h2-4,9H,5H2,1H3,(H,17,20)(H,22,23,24). The van der Waals surface area contributed by atoms with Crippen LogP contribution in [0.4, 0.5) is 0 Å². The zero-order valence-electron chi connectivity index (χ0n) is 13.1. The van der Waals surface area contributed by atoms with Crippen LogP contribution in [0, 0.1) is 6.92 Å². The summed E-state index contributed by atoms with van der Waals surface area (Å²) in [7, 11) is -4.64. The predicted molar refractivity (Wildman–Crippen MR) is 91.2 cm³/mol. The third-order valence-corrected chi connectivity index (χ3v) is 5.28. The molecule has 2 N–H and O–H groups in total. The molecule has 9 nitrogen and oxygen atoms in total. The maximum atomic E-state index is 12.6. The number of amides is 2. The van der Waals surface area contributed by atoms with Crippen LogP contribution >= 0.6 is 23.2 Å². The number of halogens is 2. The first kappa shape index (κ1) is 18.6. The van der Waals surface area contributed by atoms with Crippen LogP contribution < -0.4 is 5.32 Å². The van der Waals surface area contributed by atoms with Crippen LogP contribution in [-0.4, -0.2) is 46.8 Å². The average molecular weight is 420 g/mol. The van der Waals surface area contributed by atoms with Crippen LogP contribution in [0.5, 0.6) is 0 Å². The molecule has 1 aromatic heterocycles. The van der Waals surface area contributed by atoms with Crippen LogP contribution in [0.15, 0.2) is 22.7 Å². The Balaban J connectivity index is 1.89. The molecule has 1 unspecified atom stereocenters. The van der Waals surface area contributed by atoms with Crippen LogP contribution in [0.25, 0.3) is 11.3 Å². The van der Waals surface area contributed by atoms with Crippen molar-refractivity contribution in [2.75, 3.05) is 6.54 Å². The third kappa shape index (κ3) is 3.16. The summed E-state index contributed by atoms with van der Waals surface area (Å²) in [4.78, 5) is 24.3. The van der Waals surface area contributed by atoms with Gasteiger partial charge in [-0.05, 0) is 19.1 Å². The molecule has 2 amide bonds. The Morgan fingerprint density at radius 3 is 2.54 bits per heavy atom. The Morgan fingerprint density at radius 2 is 2.00 bits per heavy atom. The third-order valence-electron chi connectivity index (χ3n) is 3.77. The quantitative estimate of drug-likeness (QED) is 0.569. The van der Waals surface area contributed by atoms with E-state index in [1.807, 2.05) is 0 Å². The lowest BCUT2D eigenvalue weighted by Crippen LogP contribution is -2.65. The van der Waals surface area contributed by atoms with Gasteiger partial charge in [0, 0.05) is 5.56 Å². The Morgan fingerprint density at radius 1 is 1.38 bits per heavy atom. The van der Waals surface area contributed by atoms with Crippen molar-refractivity contribution in [1.29, 1.82) is 0 Å². The van der Waals surface area contributed by atoms with Crippen LogP contribution in [-0.2, 0) is 15.1 Å². The Kier molecular flexibility index (Phi) is 4.69. The lowest BCUT2D eigenvalue weighted by atomic mass is 10.0. The van der Waals surface area contributed by atoms with Gasteiger partial charge in [0.25, 0.3) is 11.8 Å². The van der Waals surface area contributed by atoms with Gasteiger partial charge in [-0.1, -0.05) is 34.4 Å². The molecule has 0 saturated carbocycles. The normalized spacial score (nSPS) is 17.2. The van der Waals surface area contributed by atoms with Gasteiger partial charge in [-0.25, -0.2) is 4.31 Å². The fourth-order valence-corrected chi connectivity index (χ4v) is 3.74. The summed E-state index contributed by atoms with van der Waals surface area (Å²) in [5, 5.41) is 6.68. The van der Waals surface area contributed by atoms with Crippen molar-refractivity contribution < 1.29 is 27.1 Å². The maximum Gasteiger partial charge on any atom is 0.362 e. The fourth-order valence-electron chi connectivity index (χ4n) is 2.48. The molecular formula is C14H11Cl2N3O6S. The molecule has 1 atom stereocenters. The Labute approximate surface area is 157 Å². The lowest BCUT2D eigenvalue weighted by molar-refractivity contribution is -0.136. The highest BCUT2D eigenvalue weighted by atomic mass is 35.5. The van der Waals surface area contributed by atoms with Crippen molar-refractivity contribution in [3.63, 3.8) is 0 Å². The van der Waals surface area contributed by atoms with Crippen molar-refractivity contribution in [1.82, 2.24) is 14.8 Å². The minimum Gasteiger partial charge on any atom is -0.360 e. The minimum atomic E-state index is -4.64. The number of hydrogen-bond acceptors (Lipinski definition) is 6. The maximum absolute atomic E-state index is 12.6. The predicted octanol–water partition coefficient (Wildman–Crippen LogP) is 1.70. The first-order valence-corrected chi connectivity index (χ1v) is 9.27. The number of aromatic nitrogens is 1. The van der Waals surface area contributed by atoms with E-state index in [1.165, 1.54) is 6.92 Å². The van der Waals surface area contributed by atoms with E-state index in [9.17, 15) is 18.0 Å². The molecular weight excluding hydrogens is 409 g/mol. The molecule has 26 heavy (non-hydrogen) atoms. The molecule has 0 aliphatic carbocycles. The molecule has 2 aromatic rings. The van der Waals surface area contributed by atoms with Gasteiger partial charge >= 0.3 is 10.3 Å². The molecule has 12 heteroatoms. The Hall–Kier alpha value is -2.14. The zero-order valence-corrected chi connectivity index (χ0v) is 15.4. The van der Waals surface area contributed by atoms with Gasteiger partial charge in [0.1, 0.15) is 23.1 Å². The molecule has 138 valence electrons. The van der Waals surface area contributed by atoms with E-state index in [0.29, 0.717) is 0 Å². The lowest BCUT2D eigenvalue weighted by Gasteiger charge is -2.35. The van der Waals surface area contributed by atoms with Gasteiger partial charge < -0.3 is 9.84 Å². The van der Waals surface area contributed by atoms with Gasteiger partial charge in [-0.2, -0.15) is 8.42 Å². The SMILES string of the molecule is Cc1onc(-c2c(Cl)cccc2Cl)c1C(=O)NC1CN(S(=O)(=O)O)C1=O. The number of benzene rings is 1. The van der Waals surface area contributed by atoms with Crippen molar-refractivity contribution >= 4 is 45.3 Å². The molecule has 2 heterocycles. The summed E-state index contributed by atoms with van der Waals surface area (Å²) in [5.74, 6) is -1.51. The van der Waals surface area contributed by atoms with Crippen LogP contribution in [0.1, 0.15) is 16.1 Å². The van der Waals surface area contributed by atoms with Gasteiger partial charge in [0.2, 0.25) is 0 Å². The zero-order chi connectivity index (χ0) is 19.2. The topological polar surface area (TPSA) is 130 Å². The summed E-state index contributed by atoms with van der Waals surface area (Å²) >= 11 is 12.3. The van der Waals surface area contributed by atoms with Gasteiger partial charge in [0.05, 0.1) is 16.6 Å². The number of β-lactam (4-membered cyclic amide) rings is 1. The number of rotatable bonds is 4. The van der Waals surface area contributed by atoms with Gasteiger partial charge in [-0.15, -0.1) is 0 Å². The number of nitrogens with one attached hydrogen (secondary N) is 1. The van der Waals surface area contributed by atoms with Crippen LogP contribution in [0.3, 0.4) is 0 Å². The molecule has 0 radical (unpaired) electrons. The first-order valence-electron chi connectivity index (χ1n) is 7.11. The summed E-state index contributed by atoms with van der Waals surface area (Å²) < 4.78 is 36.0. The van der Waals surface area contributed by atoms with Crippen molar-refractivity contribution in [2.24, 2.45) is 0 Å². The highest BCUT2D eigenvalue weighted by Crippen LogP contribution is 2.36. The summed E-state index contributed by atoms with van der Waals surface area (Å²) in [6.07, 6.45) is 0. The van der Waals surface area contributed by atoms with E-state index in [-0.39, 0.29) is 43.5 Å². The molecule has 3 rings (SSSR count). The molecule has 1 saturated heterocycles. The van der Waals surface area contributed by atoms with E-state index in [0.717, 1.165) is 0 Å². The summed E-state index contributed by atoms with van der Waals surface area (Å²) in [6, 6.07) is 3.65. The smallest absolute Gasteiger partial charge is 0.360 e. The second-order valence-electron chi connectivity index (χ2n) is 5.43. The first-order chi connectivity index (χ1) is 12.1. The van der Waals surface area contributed by atoms with Crippen LogP contribution in [0.2, 0.25) is 10.0 Å². The van der Waals surface area contributed by atoms with E-state index in [4.69, 9.17) is 32.3 Å². The van der Waals surface area contributed by atoms with Gasteiger partial charge in [-0.3, -0.25) is 14.1 Å². The van der Waals surface area contributed by atoms with Crippen molar-refractivity contribution in [2.45, 2.75) is 13.0 Å². The fraction of sp³-hybridized carbons (Fsp3) is 0.214. The highest BCUT2D eigenvalue weighted by molar-refractivity contribution is 7.84. The molecule has 0 spiro atoms.